The normalized spacial score (nSPS) is 11.2. The lowest BCUT2D eigenvalue weighted by atomic mass is 10.2. The lowest BCUT2D eigenvalue weighted by Crippen LogP contribution is -2.05. The van der Waals surface area contributed by atoms with Crippen molar-refractivity contribution >= 4 is 21.4 Å². The third-order valence-corrected chi connectivity index (χ3v) is 5.08. The lowest BCUT2D eigenvalue weighted by Gasteiger charge is -2.01. The highest BCUT2D eigenvalue weighted by atomic mass is 35.5. The van der Waals surface area contributed by atoms with Crippen LogP contribution in [0.3, 0.4) is 0 Å². The van der Waals surface area contributed by atoms with Crippen LogP contribution in [0.5, 0.6) is 0 Å². The van der Waals surface area contributed by atoms with Crippen molar-refractivity contribution < 1.29 is 12.8 Å². The van der Waals surface area contributed by atoms with Gasteiger partial charge in [-0.05, 0) is 29.8 Å². The molecule has 0 aliphatic heterocycles. The summed E-state index contributed by atoms with van der Waals surface area (Å²) in [6.07, 6.45) is 0. The molecule has 0 bridgehead atoms. The highest BCUT2D eigenvalue weighted by Gasteiger charge is 2.27. The number of hydrogen-bond donors (Lipinski definition) is 0. The first kappa shape index (κ1) is 16.2. The molecule has 0 radical (unpaired) electrons. The second-order valence-corrected chi connectivity index (χ2v) is 7.34. The Hall–Kier alpha value is -2.62. The molecule has 3 rings (SSSR count). The highest BCUT2D eigenvalue weighted by Crippen LogP contribution is 2.28. The molecule has 0 spiro atoms. The number of oxazole rings is 1. The second-order valence-electron chi connectivity index (χ2n) is 5.02. The van der Waals surface area contributed by atoms with E-state index < -0.39 is 14.9 Å². The number of halogens is 1. The molecule has 0 unspecified atom stereocenters. The number of benzene rings is 2. The Balaban J connectivity index is 2.01. The van der Waals surface area contributed by atoms with Crippen molar-refractivity contribution in [3.05, 3.63) is 70.9 Å². The van der Waals surface area contributed by atoms with E-state index in [4.69, 9.17) is 16.0 Å². The minimum absolute atomic E-state index is 0.0647. The molecule has 2 aromatic carbocycles. The van der Waals surface area contributed by atoms with Crippen molar-refractivity contribution in [1.82, 2.24) is 4.98 Å². The van der Waals surface area contributed by atoms with Gasteiger partial charge in [0, 0.05) is 10.6 Å². The van der Waals surface area contributed by atoms with Gasteiger partial charge >= 0.3 is 0 Å². The van der Waals surface area contributed by atoms with Crippen molar-refractivity contribution in [3.8, 4) is 17.5 Å². The third kappa shape index (κ3) is 3.32. The molecule has 0 aliphatic carbocycles. The van der Waals surface area contributed by atoms with Gasteiger partial charge in [0.15, 0.2) is 5.69 Å². The summed E-state index contributed by atoms with van der Waals surface area (Å²) in [4.78, 5) is 3.99. The first-order valence-corrected chi connectivity index (χ1v) is 8.96. The molecule has 0 amide bonds. The monoisotopic (exact) mass is 358 g/mol. The summed E-state index contributed by atoms with van der Waals surface area (Å²) in [5, 5.41) is 9.31. The fraction of sp³-hybridized carbons (Fsp3) is 0.0588. The minimum Gasteiger partial charge on any atom is -0.423 e. The first-order valence-electron chi connectivity index (χ1n) is 6.93. The zero-order chi connectivity index (χ0) is 17.2. The predicted molar refractivity (Wildman–Crippen MR) is 89.0 cm³/mol. The maximum Gasteiger partial charge on any atom is 0.257 e. The SMILES string of the molecule is N#Cc1nc(-c2ccc(Cl)cc2)oc1S(=O)(=O)Cc1ccccc1. The van der Waals surface area contributed by atoms with Crippen molar-refractivity contribution in [1.29, 1.82) is 5.26 Å². The van der Waals surface area contributed by atoms with Crippen LogP contribution >= 0.6 is 11.6 Å². The number of nitriles is 1. The molecule has 0 N–H and O–H groups in total. The average Bonchev–Trinajstić information content (AvgIpc) is 3.01. The largest absolute Gasteiger partial charge is 0.423 e. The number of aromatic nitrogens is 1. The van der Waals surface area contributed by atoms with Crippen LogP contribution in [0.4, 0.5) is 0 Å². The summed E-state index contributed by atoms with van der Waals surface area (Å²) in [7, 11) is -3.83. The Morgan fingerprint density at radius 3 is 2.38 bits per heavy atom. The summed E-state index contributed by atoms with van der Waals surface area (Å²) in [6.45, 7) is 0. The molecule has 0 saturated heterocycles. The molecular weight excluding hydrogens is 348 g/mol. The zero-order valence-corrected chi connectivity index (χ0v) is 13.9. The summed E-state index contributed by atoms with van der Waals surface area (Å²) in [5.41, 5.74) is 0.888. The van der Waals surface area contributed by atoms with E-state index in [1.807, 2.05) is 0 Å². The molecule has 0 atom stereocenters. The second kappa shape index (κ2) is 6.48. The predicted octanol–water partition coefficient (Wildman–Crippen LogP) is 3.84. The van der Waals surface area contributed by atoms with E-state index in [1.165, 1.54) is 0 Å². The van der Waals surface area contributed by atoms with Crippen LogP contribution in [-0.2, 0) is 15.6 Å². The van der Waals surface area contributed by atoms with Gasteiger partial charge in [0.25, 0.3) is 5.09 Å². The molecule has 5 nitrogen and oxygen atoms in total. The van der Waals surface area contributed by atoms with Gasteiger partial charge in [-0.3, -0.25) is 0 Å². The number of sulfone groups is 1. The molecule has 0 saturated carbocycles. The van der Waals surface area contributed by atoms with E-state index in [9.17, 15) is 13.7 Å². The van der Waals surface area contributed by atoms with E-state index >= 15 is 0 Å². The molecule has 1 aromatic heterocycles. The van der Waals surface area contributed by atoms with Crippen molar-refractivity contribution in [3.63, 3.8) is 0 Å². The van der Waals surface area contributed by atoms with Gasteiger partial charge in [0.2, 0.25) is 15.7 Å². The fourth-order valence-electron chi connectivity index (χ4n) is 2.16. The number of nitrogens with zero attached hydrogens (tertiary/aromatic N) is 2. The Bertz CT molecular complexity index is 1000. The Labute approximate surface area is 144 Å². The minimum atomic E-state index is -3.83. The van der Waals surface area contributed by atoms with Gasteiger partial charge in [-0.1, -0.05) is 41.9 Å². The number of hydrogen-bond acceptors (Lipinski definition) is 5. The van der Waals surface area contributed by atoms with Gasteiger partial charge in [0.05, 0.1) is 5.75 Å². The van der Waals surface area contributed by atoms with Crippen LogP contribution in [-0.4, -0.2) is 13.4 Å². The molecular formula is C17H11ClN2O3S. The van der Waals surface area contributed by atoms with E-state index in [0.717, 1.165) is 0 Å². The molecule has 120 valence electrons. The zero-order valence-electron chi connectivity index (χ0n) is 12.3. The third-order valence-electron chi connectivity index (χ3n) is 3.28. The van der Waals surface area contributed by atoms with Crippen molar-refractivity contribution in [2.75, 3.05) is 0 Å². The Kier molecular flexibility index (Phi) is 4.38. The number of rotatable bonds is 4. The van der Waals surface area contributed by atoms with E-state index in [0.29, 0.717) is 16.1 Å². The molecule has 1 heterocycles. The van der Waals surface area contributed by atoms with E-state index in [2.05, 4.69) is 4.98 Å². The van der Waals surface area contributed by atoms with Gasteiger partial charge < -0.3 is 4.42 Å². The lowest BCUT2D eigenvalue weighted by molar-refractivity contribution is 0.457. The maximum atomic E-state index is 12.6. The van der Waals surface area contributed by atoms with Gasteiger partial charge in [-0.25, -0.2) is 8.42 Å². The smallest absolute Gasteiger partial charge is 0.257 e. The van der Waals surface area contributed by atoms with Gasteiger partial charge in [-0.15, -0.1) is 0 Å². The van der Waals surface area contributed by atoms with Crippen LogP contribution in [0, 0.1) is 11.3 Å². The van der Waals surface area contributed by atoms with Gasteiger partial charge in [0.1, 0.15) is 6.07 Å². The quantitative estimate of drug-likeness (QED) is 0.707. The summed E-state index contributed by atoms with van der Waals surface area (Å²) in [5.74, 6) is -0.201. The van der Waals surface area contributed by atoms with Crippen LogP contribution in [0.1, 0.15) is 11.3 Å². The van der Waals surface area contributed by atoms with Crippen LogP contribution in [0.15, 0.2) is 64.1 Å². The van der Waals surface area contributed by atoms with Crippen LogP contribution in [0.2, 0.25) is 5.02 Å². The summed E-state index contributed by atoms with van der Waals surface area (Å²) >= 11 is 5.83. The topological polar surface area (TPSA) is 84.0 Å². The Morgan fingerprint density at radius 1 is 1.08 bits per heavy atom. The average molecular weight is 359 g/mol. The van der Waals surface area contributed by atoms with E-state index in [-0.39, 0.29) is 17.3 Å². The van der Waals surface area contributed by atoms with E-state index in [1.54, 1.807) is 60.7 Å². The van der Waals surface area contributed by atoms with Crippen molar-refractivity contribution in [2.24, 2.45) is 0 Å². The maximum absolute atomic E-state index is 12.6. The molecule has 0 fully saturated rings. The molecule has 0 aliphatic rings. The fourth-order valence-corrected chi connectivity index (χ4v) is 3.64. The van der Waals surface area contributed by atoms with Crippen LogP contribution in [0.25, 0.3) is 11.5 Å². The summed E-state index contributed by atoms with van der Waals surface area (Å²) in [6, 6.07) is 17.0. The standard InChI is InChI=1S/C17H11ClN2O3S/c18-14-8-6-13(7-9-14)16-20-15(10-19)17(23-16)24(21,22)11-12-4-2-1-3-5-12/h1-9H,11H2. The molecule has 3 aromatic rings. The molecule has 24 heavy (non-hydrogen) atoms. The highest BCUT2D eigenvalue weighted by molar-refractivity contribution is 7.90. The van der Waals surface area contributed by atoms with Crippen molar-refractivity contribution in [2.45, 2.75) is 10.8 Å². The first-order chi connectivity index (χ1) is 11.5. The summed E-state index contributed by atoms with van der Waals surface area (Å²) < 4.78 is 30.6. The molecule has 7 heteroatoms. The van der Waals surface area contributed by atoms with Gasteiger partial charge in [-0.2, -0.15) is 10.2 Å². The van der Waals surface area contributed by atoms with Crippen LogP contribution < -0.4 is 0 Å². The Morgan fingerprint density at radius 2 is 1.75 bits per heavy atom.